The molecule has 1 atom stereocenters. The van der Waals surface area contributed by atoms with Crippen molar-refractivity contribution < 1.29 is 9.47 Å². The Morgan fingerprint density at radius 1 is 1.20 bits per heavy atom. The van der Waals surface area contributed by atoms with Crippen molar-refractivity contribution in [2.75, 3.05) is 33.0 Å². The van der Waals surface area contributed by atoms with Crippen LogP contribution in [0.3, 0.4) is 0 Å². The zero-order chi connectivity index (χ0) is 14.4. The summed E-state index contributed by atoms with van der Waals surface area (Å²) in [5, 5.41) is 3.58. The maximum absolute atomic E-state index is 5.48. The minimum absolute atomic E-state index is 0.334. The van der Waals surface area contributed by atoms with Crippen molar-refractivity contribution in [2.45, 2.75) is 33.2 Å². The van der Waals surface area contributed by atoms with Gasteiger partial charge in [0.25, 0.3) is 0 Å². The Morgan fingerprint density at radius 3 is 2.70 bits per heavy atom. The summed E-state index contributed by atoms with van der Waals surface area (Å²) in [5.41, 5.74) is 1.27. The van der Waals surface area contributed by atoms with Gasteiger partial charge in [-0.3, -0.25) is 0 Å². The van der Waals surface area contributed by atoms with Crippen molar-refractivity contribution in [3.63, 3.8) is 0 Å². The van der Waals surface area contributed by atoms with Crippen LogP contribution in [0, 0.1) is 0 Å². The summed E-state index contributed by atoms with van der Waals surface area (Å²) in [6.45, 7) is 11.1. The lowest BCUT2D eigenvalue weighted by Crippen LogP contribution is -2.35. The molecule has 0 bridgehead atoms. The fraction of sp³-hybridized carbons (Fsp3) is 0.625. The number of ether oxygens (including phenoxy) is 2. The summed E-state index contributed by atoms with van der Waals surface area (Å²) in [6.07, 6.45) is 1.19. The van der Waals surface area contributed by atoms with E-state index >= 15 is 0 Å². The van der Waals surface area contributed by atoms with Crippen LogP contribution in [0.25, 0.3) is 0 Å². The van der Waals surface area contributed by atoms with E-state index in [0.29, 0.717) is 12.8 Å². The van der Waals surface area contributed by atoms with Gasteiger partial charge in [-0.15, -0.1) is 0 Å². The standard InChI is InChI=1S/C16H26N2O2/c1-4-9-18(6-3)11-14(17-5-2)13-7-8-15-16(10-13)20-12-19-15/h7-8,10,14,17H,4-6,9,11-12H2,1-3H3. The van der Waals surface area contributed by atoms with Gasteiger partial charge >= 0.3 is 0 Å². The maximum atomic E-state index is 5.48. The van der Waals surface area contributed by atoms with E-state index in [2.05, 4.69) is 43.1 Å². The van der Waals surface area contributed by atoms with Gasteiger partial charge in [0.05, 0.1) is 0 Å². The largest absolute Gasteiger partial charge is 0.454 e. The molecular formula is C16H26N2O2. The molecule has 4 heteroatoms. The van der Waals surface area contributed by atoms with Gasteiger partial charge in [0.1, 0.15) is 0 Å². The highest BCUT2D eigenvalue weighted by Crippen LogP contribution is 2.34. The Labute approximate surface area is 122 Å². The lowest BCUT2D eigenvalue weighted by atomic mass is 10.1. The second-order valence-electron chi connectivity index (χ2n) is 5.12. The predicted molar refractivity (Wildman–Crippen MR) is 81.4 cm³/mol. The van der Waals surface area contributed by atoms with Gasteiger partial charge < -0.3 is 19.7 Å². The van der Waals surface area contributed by atoms with Gasteiger partial charge in [-0.1, -0.05) is 26.8 Å². The minimum Gasteiger partial charge on any atom is -0.454 e. The number of fused-ring (bicyclic) bond motifs is 1. The van der Waals surface area contributed by atoms with E-state index in [1.54, 1.807) is 0 Å². The number of likely N-dealkylation sites (N-methyl/N-ethyl adjacent to an activating group) is 2. The number of benzene rings is 1. The molecule has 0 radical (unpaired) electrons. The second kappa shape index (κ2) is 7.50. The predicted octanol–water partition coefficient (Wildman–Crippen LogP) is 2.80. The molecule has 1 heterocycles. The van der Waals surface area contributed by atoms with Crippen molar-refractivity contribution in [3.8, 4) is 11.5 Å². The van der Waals surface area contributed by atoms with E-state index in [9.17, 15) is 0 Å². The Balaban J connectivity index is 2.11. The first-order valence-corrected chi connectivity index (χ1v) is 7.63. The molecule has 0 amide bonds. The Bertz CT molecular complexity index is 423. The highest BCUT2D eigenvalue weighted by molar-refractivity contribution is 5.45. The second-order valence-corrected chi connectivity index (χ2v) is 5.12. The van der Waals surface area contributed by atoms with Crippen molar-refractivity contribution in [3.05, 3.63) is 23.8 Å². The molecule has 1 aliphatic rings. The molecule has 2 rings (SSSR count). The van der Waals surface area contributed by atoms with Crippen LogP contribution in [0.2, 0.25) is 0 Å². The van der Waals surface area contributed by atoms with Gasteiger partial charge in [0.2, 0.25) is 6.79 Å². The molecular weight excluding hydrogens is 252 g/mol. The van der Waals surface area contributed by atoms with Crippen LogP contribution in [0.4, 0.5) is 0 Å². The molecule has 1 N–H and O–H groups in total. The molecule has 0 aromatic heterocycles. The van der Waals surface area contributed by atoms with Crippen LogP contribution < -0.4 is 14.8 Å². The smallest absolute Gasteiger partial charge is 0.231 e. The third-order valence-electron chi connectivity index (χ3n) is 3.68. The van der Waals surface area contributed by atoms with Gasteiger partial charge in [-0.05, 0) is 43.8 Å². The van der Waals surface area contributed by atoms with Gasteiger partial charge in [0.15, 0.2) is 11.5 Å². The van der Waals surface area contributed by atoms with Crippen LogP contribution in [-0.4, -0.2) is 37.9 Å². The quantitative estimate of drug-likeness (QED) is 0.793. The average molecular weight is 278 g/mol. The number of nitrogens with zero attached hydrogens (tertiary/aromatic N) is 1. The first-order valence-electron chi connectivity index (χ1n) is 7.63. The third-order valence-corrected chi connectivity index (χ3v) is 3.68. The van der Waals surface area contributed by atoms with Crippen LogP contribution >= 0.6 is 0 Å². The number of hydrogen-bond acceptors (Lipinski definition) is 4. The van der Waals surface area contributed by atoms with Crippen LogP contribution in [-0.2, 0) is 0 Å². The average Bonchev–Trinajstić information content (AvgIpc) is 2.93. The fourth-order valence-electron chi connectivity index (χ4n) is 2.62. The zero-order valence-electron chi connectivity index (χ0n) is 12.8. The Morgan fingerprint density at radius 2 is 2.00 bits per heavy atom. The molecule has 20 heavy (non-hydrogen) atoms. The topological polar surface area (TPSA) is 33.7 Å². The third kappa shape index (κ3) is 3.64. The van der Waals surface area contributed by atoms with Gasteiger partial charge in [-0.2, -0.15) is 0 Å². The number of nitrogens with one attached hydrogen (secondary N) is 1. The first kappa shape index (κ1) is 15.1. The van der Waals surface area contributed by atoms with Crippen LogP contribution in [0.15, 0.2) is 18.2 Å². The molecule has 1 aromatic rings. The number of hydrogen-bond donors (Lipinski definition) is 1. The highest BCUT2D eigenvalue weighted by Gasteiger charge is 2.19. The summed E-state index contributed by atoms with van der Waals surface area (Å²) in [7, 11) is 0. The zero-order valence-corrected chi connectivity index (χ0v) is 12.8. The van der Waals surface area contributed by atoms with E-state index < -0.39 is 0 Å². The molecule has 0 aliphatic carbocycles. The normalized spacial score (nSPS) is 14.8. The molecule has 1 aliphatic heterocycles. The summed E-state index contributed by atoms with van der Waals surface area (Å²) in [4.78, 5) is 2.48. The lowest BCUT2D eigenvalue weighted by molar-refractivity contribution is 0.174. The van der Waals surface area contributed by atoms with E-state index in [4.69, 9.17) is 9.47 Å². The Hall–Kier alpha value is -1.26. The first-order chi connectivity index (χ1) is 9.78. The monoisotopic (exact) mass is 278 g/mol. The van der Waals surface area contributed by atoms with Crippen LogP contribution in [0.5, 0.6) is 11.5 Å². The van der Waals surface area contributed by atoms with E-state index in [0.717, 1.165) is 37.7 Å². The minimum atomic E-state index is 0.334. The molecule has 1 unspecified atom stereocenters. The van der Waals surface area contributed by atoms with Crippen molar-refractivity contribution in [1.82, 2.24) is 10.2 Å². The molecule has 0 saturated heterocycles. The SMILES string of the molecule is CCCN(CC)CC(NCC)c1ccc2c(c1)OCO2. The van der Waals surface area contributed by atoms with E-state index in [1.165, 1.54) is 12.0 Å². The highest BCUT2D eigenvalue weighted by atomic mass is 16.7. The van der Waals surface area contributed by atoms with Crippen molar-refractivity contribution >= 4 is 0 Å². The summed E-state index contributed by atoms with van der Waals surface area (Å²) in [5.74, 6) is 1.72. The van der Waals surface area contributed by atoms with Crippen molar-refractivity contribution in [1.29, 1.82) is 0 Å². The lowest BCUT2D eigenvalue weighted by Gasteiger charge is -2.27. The summed E-state index contributed by atoms with van der Waals surface area (Å²) < 4.78 is 10.9. The molecule has 0 saturated carbocycles. The fourth-order valence-corrected chi connectivity index (χ4v) is 2.62. The number of rotatable bonds is 8. The maximum Gasteiger partial charge on any atom is 0.231 e. The van der Waals surface area contributed by atoms with Crippen molar-refractivity contribution in [2.24, 2.45) is 0 Å². The van der Waals surface area contributed by atoms with Gasteiger partial charge in [-0.25, -0.2) is 0 Å². The molecule has 0 spiro atoms. The summed E-state index contributed by atoms with van der Waals surface area (Å²) in [6, 6.07) is 6.59. The molecule has 4 nitrogen and oxygen atoms in total. The van der Waals surface area contributed by atoms with Crippen LogP contribution in [0.1, 0.15) is 38.8 Å². The molecule has 112 valence electrons. The van der Waals surface area contributed by atoms with E-state index in [1.807, 2.05) is 6.07 Å². The summed E-state index contributed by atoms with van der Waals surface area (Å²) >= 11 is 0. The molecule has 0 fully saturated rings. The van der Waals surface area contributed by atoms with Gasteiger partial charge in [0, 0.05) is 12.6 Å². The molecule has 1 aromatic carbocycles. The Kier molecular flexibility index (Phi) is 5.68. The van der Waals surface area contributed by atoms with E-state index in [-0.39, 0.29) is 0 Å².